The molecule has 0 spiro atoms. The molecule has 0 radical (unpaired) electrons. The van der Waals surface area contributed by atoms with E-state index in [9.17, 15) is 0 Å². The Kier molecular flexibility index (Phi) is 10.3. The predicted molar refractivity (Wildman–Crippen MR) is 134 cm³/mol. The van der Waals surface area contributed by atoms with E-state index in [1.807, 2.05) is 6.07 Å². The molecule has 0 nitrogen and oxygen atoms in total. The van der Waals surface area contributed by atoms with Gasteiger partial charge in [-0.25, -0.2) is 0 Å². The van der Waals surface area contributed by atoms with Gasteiger partial charge in [0.25, 0.3) is 0 Å². The molecule has 2 rings (SSSR count). The largest absolute Gasteiger partial charge is 0.115 e. The monoisotopic (exact) mass is 404 g/mol. The average Bonchev–Trinajstić information content (AvgIpc) is 2.75. The standard InChI is InChI=1S/C28H40Si/c1-5-7-8-9-10-11-12-13-14-15-22-29(3,4)28-21-17-20-27(24-28)26-19-16-18-25(6-2)23-26/h2,16-21,23-24H,5,7-15,22H2,1,3-4H3. The summed E-state index contributed by atoms with van der Waals surface area (Å²) < 4.78 is 0. The van der Waals surface area contributed by atoms with Crippen LogP contribution in [-0.2, 0) is 0 Å². The molecule has 0 unspecified atom stereocenters. The first-order valence-electron chi connectivity index (χ1n) is 11.7. The molecule has 0 saturated heterocycles. The van der Waals surface area contributed by atoms with Crippen LogP contribution in [0.1, 0.15) is 76.7 Å². The number of terminal acetylenes is 1. The Morgan fingerprint density at radius 2 is 1.28 bits per heavy atom. The Balaban J connectivity index is 1.80. The van der Waals surface area contributed by atoms with E-state index in [-0.39, 0.29) is 0 Å². The van der Waals surface area contributed by atoms with E-state index >= 15 is 0 Å². The molecule has 0 N–H and O–H groups in total. The molecule has 0 aliphatic carbocycles. The summed E-state index contributed by atoms with van der Waals surface area (Å²) in [7, 11) is -1.40. The SMILES string of the molecule is C#Cc1cccc(-c2cccc([Si](C)(C)CCCCCCCCCCCC)c2)c1. The average molecular weight is 405 g/mol. The highest BCUT2D eigenvalue weighted by Gasteiger charge is 2.23. The molecule has 0 amide bonds. The van der Waals surface area contributed by atoms with Crippen LogP contribution >= 0.6 is 0 Å². The van der Waals surface area contributed by atoms with Gasteiger partial charge in [-0.2, -0.15) is 0 Å². The number of hydrogen-bond donors (Lipinski definition) is 0. The van der Waals surface area contributed by atoms with Gasteiger partial charge in [0.1, 0.15) is 0 Å². The van der Waals surface area contributed by atoms with Crippen molar-refractivity contribution < 1.29 is 0 Å². The zero-order valence-electron chi connectivity index (χ0n) is 19.0. The van der Waals surface area contributed by atoms with Crippen molar-refractivity contribution in [3.05, 3.63) is 54.1 Å². The highest BCUT2D eigenvalue weighted by Crippen LogP contribution is 2.22. The van der Waals surface area contributed by atoms with Crippen LogP contribution in [0.5, 0.6) is 0 Å². The molecule has 1 heteroatoms. The van der Waals surface area contributed by atoms with Crippen molar-refractivity contribution >= 4 is 13.3 Å². The fourth-order valence-corrected chi connectivity index (χ4v) is 6.62. The minimum Gasteiger partial charge on any atom is -0.115 e. The second-order valence-electron chi connectivity index (χ2n) is 9.12. The first-order valence-corrected chi connectivity index (χ1v) is 14.9. The first kappa shape index (κ1) is 23.5. The summed E-state index contributed by atoms with van der Waals surface area (Å²) in [5.74, 6) is 2.75. The molecule has 0 bridgehead atoms. The van der Waals surface area contributed by atoms with Gasteiger partial charge in [-0.15, -0.1) is 6.42 Å². The van der Waals surface area contributed by atoms with Crippen LogP contribution in [0.4, 0.5) is 0 Å². The van der Waals surface area contributed by atoms with Crippen molar-refractivity contribution in [3.8, 4) is 23.5 Å². The third-order valence-corrected chi connectivity index (χ3v) is 9.64. The van der Waals surface area contributed by atoms with Crippen molar-refractivity contribution in [2.24, 2.45) is 0 Å². The molecule has 29 heavy (non-hydrogen) atoms. The van der Waals surface area contributed by atoms with E-state index < -0.39 is 8.07 Å². The van der Waals surface area contributed by atoms with Gasteiger partial charge in [-0.05, 0) is 23.3 Å². The van der Waals surface area contributed by atoms with Gasteiger partial charge in [0.05, 0.1) is 8.07 Å². The van der Waals surface area contributed by atoms with E-state index in [1.165, 1.54) is 81.4 Å². The van der Waals surface area contributed by atoms with Crippen molar-refractivity contribution in [2.45, 2.75) is 90.3 Å². The van der Waals surface area contributed by atoms with Crippen LogP contribution in [0.2, 0.25) is 19.1 Å². The molecule has 0 atom stereocenters. The second-order valence-corrected chi connectivity index (χ2v) is 14.0. The lowest BCUT2D eigenvalue weighted by molar-refractivity contribution is 0.561. The molecule has 0 aliphatic heterocycles. The van der Waals surface area contributed by atoms with Gasteiger partial charge in [-0.1, -0.05) is 138 Å². The maximum Gasteiger partial charge on any atom is 0.0806 e. The van der Waals surface area contributed by atoms with Crippen LogP contribution in [0.15, 0.2) is 48.5 Å². The lowest BCUT2D eigenvalue weighted by Crippen LogP contribution is -2.41. The van der Waals surface area contributed by atoms with E-state index in [0.29, 0.717) is 0 Å². The maximum absolute atomic E-state index is 5.58. The van der Waals surface area contributed by atoms with Crippen molar-refractivity contribution in [2.75, 3.05) is 0 Å². The van der Waals surface area contributed by atoms with Crippen LogP contribution < -0.4 is 5.19 Å². The van der Waals surface area contributed by atoms with Gasteiger partial charge in [-0.3, -0.25) is 0 Å². The third-order valence-electron chi connectivity index (χ3n) is 6.16. The van der Waals surface area contributed by atoms with Gasteiger partial charge >= 0.3 is 0 Å². The zero-order chi connectivity index (χ0) is 21.0. The molecule has 0 aromatic heterocycles. The van der Waals surface area contributed by atoms with Crippen LogP contribution in [-0.4, -0.2) is 8.07 Å². The summed E-state index contributed by atoms with van der Waals surface area (Å²) in [6.07, 6.45) is 19.7. The highest BCUT2D eigenvalue weighted by molar-refractivity contribution is 6.89. The molecule has 0 saturated carbocycles. The molecule has 0 heterocycles. The predicted octanol–water partition coefficient (Wildman–Crippen LogP) is 8.17. The number of rotatable bonds is 13. The fraction of sp³-hybridized carbons (Fsp3) is 0.500. The van der Waals surface area contributed by atoms with Crippen LogP contribution in [0.25, 0.3) is 11.1 Å². The minimum atomic E-state index is -1.40. The van der Waals surface area contributed by atoms with Crippen molar-refractivity contribution in [1.29, 1.82) is 0 Å². The van der Waals surface area contributed by atoms with Crippen LogP contribution in [0.3, 0.4) is 0 Å². The van der Waals surface area contributed by atoms with E-state index in [2.05, 4.69) is 68.4 Å². The fourth-order valence-electron chi connectivity index (χ4n) is 4.11. The van der Waals surface area contributed by atoms with Gasteiger partial charge in [0.15, 0.2) is 0 Å². The van der Waals surface area contributed by atoms with Crippen LogP contribution in [0, 0.1) is 12.3 Å². The van der Waals surface area contributed by atoms with Crippen molar-refractivity contribution in [3.63, 3.8) is 0 Å². The third kappa shape index (κ3) is 8.23. The molecule has 156 valence electrons. The minimum absolute atomic E-state index is 0.953. The number of unbranched alkanes of at least 4 members (excludes halogenated alkanes) is 9. The Bertz CT molecular complexity index is 766. The molecule has 2 aromatic carbocycles. The van der Waals surface area contributed by atoms with E-state index in [4.69, 9.17) is 6.42 Å². The normalized spacial score (nSPS) is 11.4. The Morgan fingerprint density at radius 3 is 1.90 bits per heavy atom. The molecule has 0 aliphatic rings. The summed E-state index contributed by atoms with van der Waals surface area (Å²) >= 11 is 0. The van der Waals surface area contributed by atoms with E-state index in [0.717, 1.165) is 5.56 Å². The Labute approximate surface area is 181 Å². The number of benzene rings is 2. The summed E-state index contributed by atoms with van der Waals surface area (Å²) in [4.78, 5) is 0. The summed E-state index contributed by atoms with van der Waals surface area (Å²) in [6, 6.07) is 18.9. The first-order chi connectivity index (χ1) is 14.1. The molecular formula is C28H40Si. The summed E-state index contributed by atoms with van der Waals surface area (Å²) in [5.41, 5.74) is 3.48. The topological polar surface area (TPSA) is 0 Å². The Morgan fingerprint density at radius 1 is 0.724 bits per heavy atom. The van der Waals surface area contributed by atoms with E-state index in [1.54, 1.807) is 5.19 Å². The lowest BCUT2D eigenvalue weighted by atomic mass is 10.0. The molecule has 0 fully saturated rings. The highest BCUT2D eigenvalue weighted by atomic mass is 28.3. The van der Waals surface area contributed by atoms with Gasteiger partial charge in [0.2, 0.25) is 0 Å². The summed E-state index contributed by atoms with van der Waals surface area (Å²) in [6.45, 7) is 7.34. The smallest absolute Gasteiger partial charge is 0.0806 e. The second kappa shape index (κ2) is 12.7. The molecule has 2 aromatic rings. The summed E-state index contributed by atoms with van der Waals surface area (Å²) in [5, 5.41) is 1.57. The van der Waals surface area contributed by atoms with Crippen molar-refractivity contribution in [1.82, 2.24) is 0 Å². The lowest BCUT2D eigenvalue weighted by Gasteiger charge is -2.24. The number of hydrogen-bond acceptors (Lipinski definition) is 0. The zero-order valence-corrected chi connectivity index (χ0v) is 20.0. The quantitative estimate of drug-likeness (QED) is 0.179. The Hall–Kier alpha value is -1.78. The molecular weight excluding hydrogens is 364 g/mol. The maximum atomic E-state index is 5.58. The van der Waals surface area contributed by atoms with Gasteiger partial charge < -0.3 is 0 Å². The van der Waals surface area contributed by atoms with Gasteiger partial charge in [0, 0.05) is 5.56 Å².